The Morgan fingerprint density at radius 2 is 1.82 bits per heavy atom. The number of hydrogen-bond donors (Lipinski definition) is 1. The first-order valence-corrected chi connectivity index (χ1v) is 4.57. The summed E-state index contributed by atoms with van der Waals surface area (Å²) >= 11 is 0. The summed E-state index contributed by atoms with van der Waals surface area (Å²) < 4.78 is 0. The van der Waals surface area contributed by atoms with Crippen molar-refractivity contribution in [3.63, 3.8) is 0 Å². The van der Waals surface area contributed by atoms with Crippen molar-refractivity contribution in [3.8, 4) is 0 Å². The molecule has 1 aliphatic carbocycles. The van der Waals surface area contributed by atoms with Crippen molar-refractivity contribution in [1.82, 2.24) is 5.32 Å². The van der Waals surface area contributed by atoms with Crippen LogP contribution in [0.3, 0.4) is 0 Å². The summed E-state index contributed by atoms with van der Waals surface area (Å²) in [5, 5.41) is 3.18. The van der Waals surface area contributed by atoms with Crippen LogP contribution >= 0.6 is 0 Å². The third-order valence-electron chi connectivity index (χ3n) is 2.60. The molecule has 1 heterocycles. The highest BCUT2D eigenvalue weighted by Crippen LogP contribution is 2.33. The van der Waals surface area contributed by atoms with Crippen LogP contribution < -0.4 is 5.32 Å². The van der Waals surface area contributed by atoms with Gasteiger partial charge in [0.15, 0.2) is 0 Å². The zero-order valence-electron chi connectivity index (χ0n) is 6.81. The van der Waals surface area contributed by atoms with E-state index in [4.69, 9.17) is 0 Å². The van der Waals surface area contributed by atoms with Gasteiger partial charge in [0, 0.05) is 12.8 Å². The Bertz CT molecular complexity index is 159. The Balaban J connectivity index is 1.63. The summed E-state index contributed by atoms with van der Waals surface area (Å²) in [7, 11) is 0. The van der Waals surface area contributed by atoms with Crippen LogP contribution in [0.2, 0.25) is 0 Å². The molecule has 0 amide bonds. The van der Waals surface area contributed by atoms with Crippen LogP contribution in [-0.4, -0.2) is 18.9 Å². The van der Waals surface area contributed by atoms with Crippen molar-refractivity contribution in [2.24, 2.45) is 11.8 Å². The fraction of sp³-hybridized carbons (Fsp3) is 0.889. The lowest BCUT2D eigenvalue weighted by Gasteiger charge is -2.26. The van der Waals surface area contributed by atoms with Crippen LogP contribution in [0.4, 0.5) is 0 Å². The van der Waals surface area contributed by atoms with Gasteiger partial charge in [0.25, 0.3) is 0 Å². The second-order valence-corrected chi connectivity index (χ2v) is 3.91. The van der Waals surface area contributed by atoms with Gasteiger partial charge in [-0.25, -0.2) is 0 Å². The lowest BCUT2D eigenvalue weighted by Crippen LogP contribution is -2.42. The van der Waals surface area contributed by atoms with Gasteiger partial charge in [-0.15, -0.1) is 0 Å². The first-order valence-electron chi connectivity index (χ1n) is 4.57. The summed E-state index contributed by atoms with van der Waals surface area (Å²) in [5.41, 5.74) is 0. The number of carbonyl (C=O) groups is 1. The maximum absolute atomic E-state index is 11.3. The van der Waals surface area contributed by atoms with Crippen LogP contribution in [0.1, 0.15) is 25.7 Å². The lowest BCUT2D eigenvalue weighted by atomic mass is 9.95. The number of hydrogen-bond acceptors (Lipinski definition) is 2. The quantitative estimate of drug-likeness (QED) is 0.652. The Morgan fingerprint density at radius 3 is 2.27 bits per heavy atom. The van der Waals surface area contributed by atoms with Gasteiger partial charge >= 0.3 is 0 Å². The van der Waals surface area contributed by atoms with Gasteiger partial charge in [0.2, 0.25) is 0 Å². The van der Waals surface area contributed by atoms with E-state index in [9.17, 15) is 4.79 Å². The van der Waals surface area contributed by atoms with E-state index >= 15 is 0 Å². The highest BCUT2D eigenvalue weighted by atomic mass is 16.1. The van der Waals surface area contributed by atoms with Crippen LogP contribution in [0, 0.1) is 11.8 Å². The predicted molar refractivity (Wildman–Crippen MR) is 43.3 cm³/mol. The third-order valence-corrected chi connectivity index (χ3v) is 2.60. The Hall–Kier alpha value is -0.370. The molecule has 1 N–H and O–H groups in total. The molecule has 1 aliphatic heterocycles. The van der Waals surface area contributed by atoms with Crippen LogP contribution in [0.5, 0.6) is 0 Å². The van der Waals surface area contributed by atoms with Crippen LogP contribution in [0.15, 0.2) is 0 Å². The summed E-state index contributed by atoms with van der Waals surface area (Å²) in [4.78, 5) is 11.3. The molecule has 0 spiro atoms. The number of carbonyl (C=O) groups excluding carboxylic acids is 1. The van der Waals surface area contributed by atoms with E-state index in [0.717, 1.165) is 31.8 Å². The number of nitrogens with one attached hydrogen (secondary N) is 1. The molecule has 0 aromatic carbocycles. The SMILES string of the molecule is O=C(CC1CC1)CC1CNC1. The van der Waals surface area contributed by atoms with Crippen molar-refractivity contribution < 1.29 is 4.79 Å². The molecule has 1 saturated carbocycles. The molecule has 62 valence electrons. The smallest absolute Gasteiger partial charge is 0.133 e. The maximum Gasteiger partial charge on any atom is 0.133 e. The van der Waals surface area contributed by atoms with E-state index in [1.165, 1.54) is 12.8 Å². The molecule has 0 unspecified atom stereocenters. The van der Waals surface area contributed by atoms with E-state index in [1.807, 2.05) is 0 Å². The molecular weight excluding hydrogens is 138 g/mol. The topological polar surface area (TPSA) is 29.1 Å². The van der Waals surface area contributed by atoms with E-state index in [1.54, 1.807) is 0 Å². The molecule has 2 rings (SSSR count). The van der Waals surface area contributed by atoms with E-state index < -0.39 is 0 Å². The van der Waals surface area contributed by atoms with E-state index in [0.29, 0.717) is 11.7 Å². The Kier molecular flexibility index (Phi) is 1.95. The van der Waals surface area contributed by atoms with Crippen molar-refractivity contribution in [1.29, 1.82) is 0 Å². The maximum atomic E-state index is 11.3. The zero-order chi connectivity index (χ0) is 7.68. The number of ketones is 1. The van der Waals surface area contributed by atoms with Crippen LogP contribution in [0.25, 0.3) is 0 Å². The first-order chi connectivity index (χ1) is 5.34. The molecule has 0 aromatic rings. The molecular formula is C9H15NO. The van der Waals surface area contributed by atoms with Gasteiger partial charge < -0.3 is 5.32 Å². The number of Topliss-reactive ketones (excluding diaryl/α,β-unsaturated/α-hetero) is 1. The van der Waals surface area contributed by atoms with Gasteiger partial charge in [-0.2, -0.15) is 0 Å². The minimum Gasteiger partial charge on any atom is -0.316 e. The number of rotatable bonds is 4. The van der Waals surface area contributed by atoms with Gasteiger partial charge in [-0.3, -0.25) is 4.79 Å². The zero-order valence-corrected chi connectivity index (χ0v) is 6.81. The summed E-state index contributed by atoms with van der Waals surface area (Å²) in [6, 6.07) is 0. The van der Waals surface area contributed by atoms with Crippen LogP contribution in [-0.2, 0) is 4.79 Å². The third kappa shape index (κ3) is 2.03. The molecule has 2 fully saturated rings. The first kappa shape index (κ1) is 7.29. The standard InChI is InChI=1S/C9H15NO/c11-9(3-7-1-2-7)4-8-5-10-6-8/h7-8,10H,1-6H2. The molecule has 1 saturated heterocycles. The van der Waals surface area contributed by atoms with Gasteiger partial charge in [-0.05, 0) is 37.8 Å². The fourth-order valence-corrected chi connectivity index (χ4v) is 1.54. The molecule has 11 heavy (non-hydrogen) atoms. The molecule has 0 radical (unpaired) electrons. The minimum absolute atomic E-state index is 0.499. The van der Waals surface area contributed by atoms with Crippen molar-refractivity contribution in [2.75, 3.05) is 13.1 Å². The second kappa shape index (κ2) is 2.94. The average Bonchev–Trinajstić information content (AvgIpc) is 2.62. The fourth-order valence-electron chi connectivity index (χ4n) is 1.54. The predicted octanol–water partition coefficient (Wildman–Crippen LogP) is 0.965. The molecule has 2 nitrogen and oxygen atoms in total. The van der Waals surface area contributed by atoms with Gasteiger partial charge in [-0.1, -0.05) is 0 Å². The monoisotopic (exact) mass is 153 g/mol. The summed E-state index contributed by atoms with van der Waals surface area (Å²) in [5.74, 6) is 1.94. The highest BCUT2D eigenvalue weighted by molar-refractivity contribution is 5.79. The van der Waals surface area contributed by atoms with Crippen molar-refractivity contribution in [3.05, 3.63) is 0 Å². The summed E-state index contributed by atoms with van der Waals surface area (Å²) in [6.07, 6.45) is 4.31. The summed E-state index contributed by atoms with van der Waals surface area (Å²) in [6.45, 7) is 2.13. The molecule has 2 aliphatic rings. The Labute approximate surface area is 67.4 Å². The van der Waals surface area contributed by atoms with Crippen molar-refractivity contribution in [2.45, 2.75) is 25.7 Å². The highest BCUT2D eigenvalue weighted by Gasteiger charge is 2.26. The normalized spacial score (nSPS) is 24.7. The molecule has 0 atom stereocenters. The second-order valence-electron chi connectivity index (χ2n) is 3.91. The molecule has 0 bridgehead atoms. The van der Waals surface area contributed by atoms with Gasteiger partial charge in [0.1, 0.15) is 5.78 Å². The average molecular weight is 153 g/mol. The minimum atomic E-state index is 0.499. The van der Waals surface area contributed by atoms with E-state index in [-0.39, 0.29) is 0 Å². The van der Waals surface area contributed by atoms with Gasteiger partial charge in [0.05, 0.1) is 0 Å². The largest absolute Gasteiger partial charge is 0.316 e. The Morgan fingerprint density at radius 1 is 1.18 bits per heavy atom. The molecule has 2 heteroatoms. The van der Waals surface area contributed by atoms with E-state index in [2.05, 4.69) is 5.32 Å². The van der Waals surface area contributed by atoms with Crippen molar-refractivity contribution >= 4 is 5.78 Å². The molecule has 0 aromatic heterocycles. The lowest BCUT2D eigenvalue weighted by molar-refractivity contribution is -0.120.